The van der Waals surface area contributed by atoms with E-state index in [4.69, 9.17) is 26.0 Å². The van der Waals surface area contributed by atoms with Gasteiger partial charge in [0, 0.05) is 6.42 Å². The number of ether oxygens (including phenoxy) is 1. The third-order valence-corrected chi connectivity index (χ3v) is 3.42. The highest BCUT2D eigenvalue weighted by molar-refractivity contribution is 7.46. The molecule has 0 bridgehead atoms. The first-order valence-corrected chi connectivity index (χ1v) is 7.38. The van der Waals surface area contributed by atoms with Gasteiger partial charge in [0.15, 0.2) is 11.9 Å². The molecule has 1 aliphatic rings. The molecule has 1 aromatic rings. The smallest absolute Gasteiger partial charge is 0.388 e. The van der Waals surface area contributed by atoms with Gasteiger partial charge in [0.2, 0.25) is 0 Å². The highest BCUT2D eigenvalue weighted by Crippen LogP contribution is 2.38. The van der Waals surface area contributed by atoms with Crippen LogP contribution in [0.3, 0.4) is 0 Å². The van der Waals surface area contributed by atoms with Gasteiger partial charge in [-0.1, -0.05) is 0 Å². The number of carbonyl (C=O) groups is 1. The Labute approximate surface area is 118 Å². The number of hydrogen-bond acceptors (Lipinski definition) is 7. The highest BCUT2D eigenvalue weighted by Gasteiger charge is 2.37. The van der Waals surface area contributed by atoms with E-state index in [1.165, 1.54) is 10.9 Å². The van der Waals surface area contributed by atoms with E-state index in [1.54, 1.807) is 0 Å². The number of primary amides is 1. The first-order valence-electron chi connectivity index (χ1n) is 5.84. The predicted molar refractivity (Wildman–Crippen MR) is 67.7 cm³/mol. The van der Waals surface area contributed by atoms with Gasteiger partial charge in [-0.05, 0) is 0 Å². The van der Waals surface area contributed by atoms with Crippen molar-refractivity contribution in [2.75, 3.05) is 12.3 Å². The molecule has 1 saturated heterocycles. The SMILES string of the molecule is NC(=O)c1ncn([C@@H]2O[C@H](COP(=O)(O)O)C[C@H]2O)c1N. The Morgan fingerprint density at radius 3 is 2.81 bits per heavy atom. The van der Waals surface area contributed by atoms with Crippen LogP contribution in [-0.4, -0.2) is 49.2 Å². The predicted octanol–water partition coefficient (Wildman–Crippen LogP) is -1.68. The lowest BCUT2D eigenvalue weighted by molar-refractivity contribution is -0.0489. The molecule has 0 aromatic carbocycles. The third-order valence-electron chi connectivity index (χ3n) is 2.93. The van der Waals surface area contributed by atoms with E-state index in [-0.39, 0.29) is 17.9 Å². The summed E-state index contributed by atoms with van der Waals surface area (Å²) < 4.78 is 21.6. The Bertz CT molecular complexity index is 585. The number of aromatic nitrogens is 2. The van der Waals surface area contributed by atoms with Gasteiger partial charge < -0.3 is 31.1 Å². The lowest BCUT2D eigenvalue weighted by atomic mass is 10.2. The van der Waals surface area contributed by atoms with Crippen molar-refractivity contribution < 1.29 is 33.5 Å². The summed E-state index contributed by atoms with van der Waals surface area (Å²) in [7, 11) is -4.61. The molecule has 1 aromatic heterocycles. The van der Waals surface area contributed by atoms with Gasteiger partial charge in [0.25, 0.3) is 5.91 Å². The first-order chi connectivity index (χ1) is 9.69. The lowest BCUT2D eigenvalue weighted by Crippen LogP contribution is -2.22. The van der Waals surface area contributed by atoms with Crippen LogP contribution in [0.1, 0.15) is 23.1 Å². The van der Waals surface area contributed by atoms with E-state index in [1.807, 2.05) is 0 Å². The summed E-state index contributed by atoms with van der Waals surface area (Å²) in [5.41, 5.74) is 10.6. The summed E-state index contributed by atoms with van der Waals surface area (Å²) in [5, 5.41) is 9.92. The Morgan fingerprint density at radius 1 is 1.62 bits per heavy atom. The number of nitrogens with two attached hydrogens (primary N) is 2. The number of amides is 1. The van der Waals surface area contributed by atoms with E-state index in [9.17, 15) is 14.5 Å². The van der Waals surface area contributed by atoms with E-state index < -0.39 is 38.8 Å². The molecule has 2 heterocycles. The third kappa shape index (κ3) is 3.59. The molecule has 0 saturated carbocycles. The number of rotatable bonds is 5. The molecule has 11 nitrogen and oxygen atoms in total. The average molecular weight is 322 g/mol. The van der Waals surface area contributed by atoms with Gasteiger partial charge >= 0.3 is 7.82 Å². The first kappa shape index (κ1) is 15.9. The second kappa shape index (κ2) is 5.72. The molecule has 1 aliphatic heterocycles. The number of carbonyl (C=O) groups excluding carboxylic acids is 1. The molecule has 0 aliphatic carbocycles. The summed E-state index contributed by atoms with van der Waals surface area (Å²) in [5.74, 6) is -0.886. The minimum absolute atomic E-state index is 0.0666. The zero-order chi connectivity index (χ0) is 15.8. The number of aliphatic hydroxyl groups excluding tert-OH is 1. The van der Waals surface area contributed by atoms with Crippen LogP contribution in [-0.2, 0) is 13.8 Å². The Morgan fingerprint density at radius 2 is 2.29 bits per heavy atom. The number of imidazole rings is 1. The Hall–Kier alpha value is -1.49. The largest absolute Gasteiger partial charge is 0.469 e. The van der Waals surface area contributed by atoms with Gasteiger partial charge in [-0.25, -0.2) is 9.55 Å². The summed E-state index contributed by atoms with van der Waals surface area (Å²) >= 11 is 0. The van der Waals surface area contributed by atoms with Crippen molar-refractivity contribution in [3.63, 3.8) is 0 Å². The van der Waals surface area contributed by atoms with Gasteiger partial charge in [0.05, 0.1) is 19.0 Å². The zero-order valence-corrected chi connectivity index (χ0v) is 11.6. The summed E-state index contributed by atoms with van der Waals surface area (Å²) in [4.78, 5) is 32.0. The van der Waals surface area contributed by atoms with E-state index >= 15 is 0 Å². The molecule has 12 heteroatoms. The van der Waals surface area contributed by atoms with Crippen LogP contribution in [0, 0.1) is 0 Å². The van der Waals surface area contributed by atoms with Crippen molar-refractivity contribution in [3.05, 3.63) is 12.0 Å². The molecule has 0 radical (unpaired) electrons. The molecular weight excluding hydrogens is 307 g/mol. The molecular formula is C9H15N4O7P. The molecule has 3 atom stereocenters. The number of phosphoric acid groups is 1. The second-order valence-electron chi connectivity index (χ2n) is 4.49. The van der Waals surface area contributed by atoms with Crippen molar-refractivity contribution in [1.82, 2.24) is 9.55 Å². The summed E-state index contributed by atoms with van der Waals surface area (Å²) in [6, 6.07) is 0. The fourth-order valence-electron chi connectivity index (χ4n) is 2.03. The number of aliphatic hydroxyl groups is 1. The minimum Gasteiger partial charge on any atom is -0.388 e. The molecule has 1 fully saturated rings. The Balaban J connectivity index is 2.08. The fourth-order valence-corrected chi connectivity index (χ4v) is 2.39. The maximum atomic E-state index is 11.1. The quantitative estimate of drug-likeness (QED) is 0.395. The molecule has 0 spiro atoms. The van der Waals surface area contributed by atoms with Gasteiger partial charge in [-0.15, -0.1) is 0 Å². The van der Waals surface area contributed by atoms with Crippen LogP contribution in [0.2, 0.25) is 0 Å². The molecule has 2 rings (SSSR count). The topological polar surface area (TPSA) is 183 Å². The molecule has 118 valence electrons. The van der Waals surface area contributed by atoms with Gasteiger partial charge in [-0.2, -0.15) is 0 Å². The molecule has 7 N–H and O–H groups in total. The molecule has 1 amide bonds. The maximum absolute atomic E-state index is 11.1. The van der Waals surface area contributed by atoms with Crippen LogP contribution in [0.15, 0.2) is 6.33 Å². The lowest BCUT2D eigenvalue weighted by Gasteiger charge is -2.17. The summed E-state index contributed by atoms with van der Waals surface area (Å²) in [6.45, 7) is -0.394. The standard InChI is InChI=1S/C9H15N4O7P/c10-7-6(8(11)15)12-3-13(7)9-5(14)1-4(20-9)2-19-21(16,17)18/h3-5,9,14H,1-2,10H2,(H2,11,15)(H2,16,17,18)/t4-,5+,9+/m0/s1. The maximum Gasteiger partial charge on any atom is 0.469 e. The van der Waals surface area contributed by atoms with Crippen LogP contribution in [0.4, 0.5) is 5.82 Å². The van der Waals surface area contributed by atoms with Gasteiger partial charge in [-0.3, -0.25) is 13.9 Å². The number of nitrogens with zero attached hydrogens (tertiary/aromatic N) is 2. The fraction of sp³-hybridized carbons (Fsp3) is 0.556. The Kier molecular flexibility index (Phi) is 4.33. The number of phosphoric ester groups is 1. The molecule has 0 unspecified atom stereocenters. The van der Waals surface area contributed by atoms with Crippen LogP contribution < -0.4 is 11.5 Å². The van der Waals surface area contributed by atoms with E-state index in [2.05, 4.69) is 9.51 Å². The van der Waals surface area contributed by atoms with E-state index in [0.29, 0.717) is 0 Å². The minimum atomic E-state index is -4.61. The van der Waals surface area contributed by atoms with Crippen LogP contribution in [0.25, 0.3) is 0 Å². The van der Waals surface area contributed by atoms with Crippen molar-refractivity contribution in [1.29, 1.82) is 0 Å². The number of nitrogen functional groups attached to an aromatic ring is 1. The normalized spacial score (nSPS) is 26.1. The second-order valence-corrected chi connectivity index (χ2v) is 5.73. The van der Waals surface area contributed by atoms with Crippen molar-refractivity contribution >= 4 is 19.5 Å². The zero-order valence-electron chi connectivity index (χ0n) is 10.7. The van der Waals surface area contributed by atoms with Crippen molar-refractivity contribution in [2.45, 2.75) is 24.9 Å². The number of anilines is 1. The van der Waals surface area contributed by atoms with Crippen molar-refractivity contribution in [2.24, 2.45) is 5.73 Å². The number of hydrogen-bond donors (Lipinski definition) is 5. The van der Waals surface area contributed by atoms with Crippen LogP contribution in [0.5, 0.6) is 0 Å². The van der Waals surface area contributed by atoms with E-state index in [0.717, 1.165) is 0 Å². The van der Waals surface area contributed by atoms with Gasteiger partial charge in [0.1, 0.15) is 11.9 Å². The van der Waals surface area contributed by atoms with Crippen molar-refractivity contribution in [3.8, 4) is 0 Å². The monoisotopic (exact) mass is 322 g/mol. The highest BCUT2D eigenvalue weighted by atomic mass is 31.2. The molecule has 21 heavy (non-hydrogen) atoms. The summed E-state index contributed by atoms with van der Waals surface area (Å²) in [6.07, 6.45) is -1.43. The van der Waals surface area contributed by atoms with Crippen LogP contribution >= 0.6 is 7.82 Å². The average Bonchev–Trinajstić information content (AvgIpc) is 2.89.